The van der Waals surface area contributed by atoms with Crippen LogP contribution in [0.3, 0.4) is 0 Å². The molecule has 0 atom stereocenters. The van der Waals surface area contributed by atoms with E-state index < -0.39 is 16.8 Å². The van der Waals surface area contributed by atoms with Gasteiger partial charge >= 0.3 is 6.18 Å². The third-order valence-corrected chi connectivity index (χ3v) is 4.11. The van der Waals surface area contributed by atoms with Crippen molar-refractivity contribution in [1.29, 1.82) is 0 Å². The van der Waals surface area contributed by atoms with Crippen LogP contribution in [0.15, 0.2) is 40.8 Å². The highest BCUT2D eigenvalue weighted by Gasteiger charge is 2.40. The number of methoxy groups -OCH3 is 1. The quantitative estimate of drug-likeness (QED) is 0.657. The SMILES string of the molecule is COc1cccc(-c2nnc(-c3ccc(C(=O)C(F)(F)F)s3)o2)c1. The van der Waals surface area contributed by atoms with E-state index in [9.17, 15) is 18.0 Å². The molecule has 2 heterocycles. The number of thiophene rings is 1. The Labute approximate surface area is 137 Å². The van der Waals surface area contributed by atoms with Crippen molar-refractivity contribution < 1.29 is 27.1 Å². The molecular formula is C15H9F3N2O3S. The summed E-state index contributed by atoms with van der Waals surface area (Å²) < 4.78 is 47.9. The van der Waals surface area contributed by atoms with E-state index in [-0.39, 0.29) is 16.7 Å². The molecule has 0 saturated carbocycles. The van der Waals surface area contributed by atoms with Gasteiger partial charge in [0.1, 0.15) is 5.75 Å². The number of carbonyl (C=O) groups is 1. The van der Waals surface area contributed by atoms with E-state index >= 15 is 0 Å². The highest BCUT2D eigenvalue weighted by Crippen LogP contribution is 2.33. The van der Waals surface area contributed by atoms with Gasteiger partial charge in [-0.1, -0.05) is 6.07 Å². The Morgan fingerprint density at radius 2 is 1.92 bits per heavy atom. The van der Waals surface area contributed by atoms with Gasteiger partial charge in [-0.25, -0.2) is 0 Å². The zero-order valence-corrected chi connectivity index (χ0v) is 12.9. The largest absolute Gasteiger partial charge is 0.497 e. The summed E-state index contributed by atoms with van der Waals surface area (Å²) >= 11 is 0.647. The first kappa shape index (κ1) is 16.2. The Morgan fingerprint density at radius 1 is 1.17 bits per heavy atom. The topological polar surface area (TPSA) is 65.2 Å². The van der Waals surface area contributed by atoms with Gasteiger partial charge in [0.2, 0.25) is 5.89 Å². The lowest BCUT2D eigenvalue weighted by atomic mass is 10.2. The van der Waals surface area contributed by atoms with E-state index in [4.69, 9.17) is 9.15 Å². The van der Waals surface area contributed by atoms with Gasteiger partial charge in [-0.3, -0.25) is 4.79 Å². The van der Waals surface area contributed by atoms with E-state index in [2.05, 4.69) is 10.2 Å². The Balaban J connectivity index is 1.89. The molecule has 0 radical (unpaired) electrons. The molecule has 1 aromatic carbocycles. The molecule has 0 spiro atoms. The van der Waals surface area contributed by atoms with Crippen LogP contribution in [0.1, 0.15) is 9.67 Å². The van der Waals surface area contributed by atoms with E-state index in [1.54, 1.807) is 24.3 Å². The zero-order chi connectivity index (χ0) is 17.3. The van der Waals surface area contributed by atoms with Crippen LogP contribution in [0.5, 0.6) is 5.75 Å². The molecule has 0 bridgehead atoms. The van der Waals surface area contributed by atoms with Gasteiger partial charge in [0.25, 0.3) is 11.7 Å². The lowest BCUT2D eigenvalue weighted by Gasteiger charge is -2.01. The molecule has 0 fully saturated rings. The maximum atomic E-state index is 12.4. The van der Waals surface area contributed by atoms with E-state index in [1.807, 2.05) is 0 Å². The predicted molar refractivity (Wildman–Crippen MR) is 80.0 cm³/mol. The first-order chi connectivity index (χ1) is 11.4. The molecule has 5 nitrogen and oxygen atoms in total. The summed E-state index contributed by atoms with van der Waals surface area (Å²) in [6.07, 6.45) is -4.91. The van der Waals surface area contributed by atoms with Crippen LogP contribution in [-0.2, 0) is 0 Å². The Bertz CT molecular complexity index is 886. The molecule has 0 unspecified atom stereocenters. The summed E-state index contributed by atoms with van der Waals surface area (Å²) in [4.78, 5) is 11.1. The molecule has 24 heavy (non-hydrogen) atoms. The number of carbonyl (C=O) groups excluding carboxylic acids is 1. The van der Waals surface area contributed by atoms with Crippen LogP contribution >= 0.6 is 11.3 Å². The number of ketones is 1. The molecule has 2 aromatic heterocycles. The Kier molecular flexibility index (Phi) is 4.10. The minimum atomic E-state index is -4.91. The molecule has 0 N–H and O–H groups in total. The number of alkyl halides is 3. The molecule has 0 aliphatic carbocycles. The van der Waals surface area contributed by atoms with Gasteiger partial charge in [0.15, 0.2) is 0 Å². The number of aromatic nitrogens is 2. The number of halogens is 3. The third kappa shape index (κ3) is 3.16. The summed E-state index contributed by atoms with van der Waals surface area (Å²) in [5.74, 6) is -1.06. The summed E-state index contributed by atoms with van der Waals surface area (Å²) in [7, 11) is 1.52. The van der Waals surface area contributed by atoms with Crippen molar-refractivity contribution in [3.05, 3.63) is 41.3 Å². The smallest absolute Gasteiger partial charge is 0.455 e. The molecule has 3 aromatic rings. The highest BCUT2D eigenvalue weighted by atomic mass is 32.1. The first-order valence-electron chi connectivity index (χ1n) is 6.58. The van der Waals surface area contributed by atoms with Crippen molar-refractivity contribution in [2.45, 2.75) is 6.18 Å². The number of benzene rings is 1. The standard InChI is InChI=1S/C15H9F3N2O3S/c1-22-9-4-2-3-8(7-9)13-19-20-14(23-13)11-6-5-10(24-11)12(21)15(16,17)18/h2-7H,1H3. The lowest BCUT2D eigenvalue weighted by Crippen LogP contribution is -2.21. The molecular weight excluding hydrogens is 345 g/mol. The number of hydrogen-bond acceptors (Lipinski definition) is 6. The van der Waals surface area contributed by atoms with Crippen LogP contribution in [-0.4, -0.2) is 29.3 Å². The molecule has 3 rings (SSSR count). The summed E-state index contributed by atoms with van der Waals surface area (Å²) in [5, 5.41) is 7.68. The second-order valence-electron chi connectivity index (χ2n) is 4.64. The average molecular weight is 354 g/mol. The van der Waals surface area contributed by atoms with Gasteiger partial charge in [0, 0.05) is 5.56 Å². The predicted octanol–water partition coefficient (Wildman–Crippen LogP) is 4.22. The fraction of sp³-hybridized carbons (Fsp3) is 0.133. The maximum absolute atomic E-state index is 12.4. The van der Waals surface area contributed by atoms with Crippen LogP contribution < -0.4 is 4.74 Å². The fourth-order valence-electron chi connectivity index (χ4n) is 1.91. The second-order valence-corrected chi connectivity index (χ2v) is 5.72. The Hall–Kier alpha value is -2.68. The number of hydrogen-bond donors (Lipinski definition) is 0. The highest BCUT2D eigenvalue weighted by molar-refractivity contribution is 7.17. The minimum Gasteiger partial charge on any atom is -0.497 e. The number of nitrogens with zero attached hydrogens (tertiary/aromatic N) is 2. The molecule has 124 valence electrons. The van der Waals surface area contributed by atoms with Crippen molar-refractivity contribution in [2.75, 3.05) is 7.11 Å². The average Bonchev–Trinajstić information content (AvgIpc) is 3.22. The van der Waals surface area contributed by atoms with Crippen LogP contribution in [0, 0.1) is 0 Å². The van der Waals surface area contributed by atoms with Crippen LogP contribution in [0.25, 0.3) is 22.2 Å². The molecule has 0 aliphatic rings. The molecule has 0 aliphatic heterocycles. The van der Waals surface area contributed by atoms with Crippen molar-refractivity contribution in [1.82, 2.24) is 10.2 Å². The fourth-order valence-corrected chi connectivity index (χ4v) is 2.80. The lowest BCUT2D eigenvalue weighted by molar-refractivity contribution is -0.0882. The molecule has 9 heteroatoms. The van der Waals surface area contributed by atoms with Crippen molar-refractivity contribution in [3.63, 3.8) is 0 Å². The zero-order valence-electron chi connectivity index (χ0n) is 12.1. The number of ether oxygens (including phenoxy) is 1. The van der Waals surface area contributed by atoms with Gasteiger partial charge < -0.3 is 9.15 Å². The normalized spacial score (nSPS) is 11.5. The van der Waals surface area contributed by atoms with E-state index in [0.717, 1.165) is 6.07 Å². The van der Waals surface area contributed by atoms with Crippen LogP contribution in [0.2, 0.25) is 0 Å². The summed E-state index contributed by atoms with van der Waals surface area (Å²) in [6, 6.07) is 9.33. The summed E-state index contributed by atoms with van der Waals surface area (Å²) in [5.41, 5.74) is 0.608. The first-order valence-corrected chi connectivity index (χ1v) is 7.40. The van der Waals surface area contributed by atoms with Crippen LogP contribution in [0.4, 0.5) is 13.2 Å². The maximum Gasteiger partial charge on any atom is 0.455 e. The van der Waals surface area contributed by atoms with Gasteiger partial charge in [-0.05, 0) is 30.3 Å². The van der Waals surface area contributed by atoms with Gasteiger partial charge in [-0.15, -0.1) is 21.5 Å². The second kappa shape index (κ2) is 6.08. The van der Waals surface area contributed by atoms with Crippen molar-refractivity contribution in [3.8, 4) is 28.0 Å². The van der Waals surface area contributed by atoms with Crippen molar-refractivity contribution >= 4 is 17.1 Å². The van der Waals surface area contributed by atoms with Gasteiger partial charge in [0.05, 0.1) is 16.9 Å². The monoisotopic (exact) mass is 354 g/mol. The number of rotatable bonds is 4. The molecule has 0 saturated heterocycles. The summed E-state index contributed by atoms with van der Waals surface area (Å²) in [6.45, 7) is 0. The van der Waals surface area contributed by atoms with Crippen molar-refractivity contribution in [2.24, 2.45) is 0 Å². The minimum absolute atomic E-state index is 0.0408. The van der Waals surface area contributed by atoms with E-state index in [0.29, 0.717) is 22.6 Å². The Morgan fingerprint density at radius 3 is 2.62 bits per heavy atom. The number of Topliss-reactive ketones (excluding diaryl/α,β-unsaturated/α-hetero) is 1. The third-order valence-electron chi connectivity index (χ3n) is 3.04. The van der Waals surface area contributed by atoms with E-state index in [1.165, 1.54) is 13.2 Å². The van der Waals surface area contributed by atoms with Gasteiger partial charge in [-0.2, -0.15) is 13.2 Å². The molecule has 0 amide bonds.